The molecule has 0 fully saturated rings. The molecule has 21 heavy (non-hydrogen) atoms. The maximum Gasteiger partial charge on any atom is 0.162 e. The molecule has 0 aliphatic carbocycles. The second-order valence-electron chi connectivity index (χ2n) is 5.10. The Morgan fingerprint density at radius 3 is 2.52 bits per heavy atom. The van der Waals surface area contributed by atoms with Crippen LogP contribution in [-0.4, -0.2) is 26.3 Å². The van der Waals surface area contributed by atoms with Gasteiger partial charge in [-0.1, -0.05) is 31.9 Å². The zero-order valence-corrected chi connectivity index (χ0v) is 13.8. The van der Waals surface area contributed by atoms with Gasteiger partial charge in [0.1, 0.15) is 12.1 Å². The lowest BCUT2D eigenvalue weighted by Gasteiger charge is -2.14. The summed E-state index contributed by atoms with van der Waals surface area (Å²) in [4.78, 5) is 8.83. The van der Waals surface area contributed by atoms with Gasteiger partial charge < -0.3 is 5.32 Å². The van der Waals surface area contributed by atoms with Gasteiger partial charge in [-0.15, -0.1) is 0 Å². The smallest absolute Gasteiger partial charge is 0.162 e. The summed E-state index contributed by atoms with van der Waals surface area (Å²) in [7, 11) is 0. The molecule has 114 valence electrons. The second kappa shape index (κ2) is 6.89. The molecule has 0 atom stereocenters. The van der Waals surface area contributed by atoms with Crippen molar-refractivity contribution < 1.29 is 0 Å². The summed E-state index contributed by atoms with van der Waals surface area (Å²) < 4.78 is 1.82. The molecule has 0 radical (unpaired) electrons. The van der Waals surface area contributed by atoms with E-state index in [-0.39, 0.29) is 0 Å². The maximum atomic E-state index is 6.26. The van der Waals surface area contributed by atoms with E-state index in [0.717, 1.165) is 54.4 Å². The highest BCUT2D eigenvalue weighted by Gasteiger charge is 2.17. The van der Waals surface area contributed by atoms with Crippen molar-refractivity contribution in [2.45, 2.75) is 47.0 Å². The first-order valence-electron chi connectivity index (χ1n) is 7.39. The van der Waals surface area contributed by atoms with E-state index in [1.165, 1.54) is 0 Å². The molecule has 0 spiro atoms. The molecule has 0 aliphatic rings. The van der Waals surface area contributed by atoms with Crippen molar-refractivity contribution in [2.24, 2.45) is 0 Å². The normalized spacial score (nSPS) is 10.9. The molecule has 0 amide bonds. The van der Waals surface area contributed by atoms with Crippen LogP contribution in [-0.2, 0) is 6.42 Å². The summed E-state index contributed by atoms with van der Waals surface area (Å²) in [6.07, 6.45) is 4.56. The van der Waals surface area contributed by atoms with Gasteiger partial charge in [0.25, 0.3) is 0 Å². The molecule has 2 aromatic rings. The van der Waals surface area contributed by atoms with E-state index in [9.17, 15) is 0 Å². The Labute approximate surface area is 130 Å². The van der Waals surface area contributed by atoms with Crippen molar-refractivity contribution >= 4 is 17.4 Å². The maximum absolute atomic E-state index is 6.26. The average Bonchev–Trinajstić information content (AvgIpc) is 2.74. The zero-order chi connectivity index (χ0) is 15.4. The summed E-state index contributed by atoms with van der Waals surface area (Å²) in [5, 5.41) is 8.58. The fourth-order valence-corrected chi connectivity index (χ4v) is 2.41. The lowest BCUT2D eigenvalue weighted by Crippen LogP contribution is -2.12. The Hall–Kier alpha value is -1.62. The van der Waals surface area contributed by atoms with Crippen molar-refractivity contribution in [3.05, 3.63) is 28.3 Å². The van der Waals surface area contributed by atoms with Crippen molar-refractivity contribution in [1.29, 1.82) is 0 Å². The van der Waals surface area contributed by atoms with E-state index in [1.807, 2.05) is 18.5 Å². The Kier molecular flexibility index (Phi) is 5.17. The predicted molar refractivity (Wildman–Crippen MR) is 86.4 cm³/mol. The molecule has 0 aromatic carbocycles. The fourth-order valence-electron chi connectivity index (χ4n) is 2.29. The zero-order valence-electron chi connectivity index (χ0n) is 13.1. The molecule has 1 N–H and O–H groups in total. The summed E-state index contributed by atoms with van der Waals surface area (Å²) in [6.45, 7) is 9.04. The van der Waals surface area contributed by atoms with Gasteiger partial charge in [0.15, 0.2) is 5.82 Å². The number of aromatic nitrogens is 4. The van der Waals surface area contributed by atoms with E-state index in [1.54, 1.807) is 6.33 Å². The fraction of sp³-hybridized carbons (Fsp3) is 0.533. The van der Waals surface area contributed by atoms with Crippen LogP contribution in [0.25, 0.3) is 5.82 Å². The molecule has 0 saturated carbocycles. The van der Waals surface area contributed by atoms with Crippen LogP contribution in [0.2, 0.25) is 5.02 Å². The third-order valence-electron chi connectivity index (χ3n) is 3.37. The van der Waals surface area contributed by atoms with Gasteiger partial charge in [-0.2, -0.15) is 5.10 Å². The van der Waals surface area contributed by atoms with E-state index < -0.39 is 0 Å². The largest absolute Gasteiger partial charge is 0.370 e. The number of halogens is 1. The highest BCUT2D eigenvalue weighted by Crippen LogP contribution is 2.26. The minimum Gasteiger partial charge on any atom is -0.370 e. The molecule has 0 unspecified atom stereocenters. The summed E-state index contributed by atoms with van der Waals surface area (Å²) >= 11 is 6.26. The van der Waals surface area contributed by atoms with E-state index in [2.05, 4.69) is 34.2 Å². The minimum absolute atomic E-state index is 0.694. The average molecular weight is 308 g/mol. The third-order valence-corrected chi connectivity index (χ3v) is 3.92. The molecule has 5 nitrogen and oxygen atoms in total. The first-order chi connectivity index (χ1) is 10.1. The van der Waals surface area contributed by atoms with Gasteiger partial charge in [0.05, 0.1) is 16.4 Å². The summed E-state index contributed by atoms with van der Waals surface area (Å²) in [6, 6.07) is 0. The Morgan fingerprint density at radius 2 is 1.95 bits per heavy atom. The lowest BCUT2D eigenvalue weighted by molar-refractivity contribution is 0.771. The molecule has 0 aliphatic heterocycles. The van der Waals surface area contributed by atoms with Gasteiger partial charge >= 0.3 is 0 Å². The van der Waals surface area contributed by atoms with Crippen LogP contribution in [0.3, 0.4) is 0 Å². The number of rotatable bonds is 6. The molecule has 2 aromatic heterocycles. The molecule has 6 heteroatoms. The monoisotopic (exact) mass is 307 g/mol. The quantitative estimate of drug-likeness (QED) is 0.884. The number of nitrogens with zero attached hydrogens (tertiary/aromatic N) is 4. The highest BCUT2D eigenvalue weighted by atomic mass is 35.5. The summed E-state index contributed by atoms with van der Waals surface area (Å²) in [5.74, 6) is 1.71. The predicted octanol–water partition coefficient (Wildman–Crippen LogP) is 3.71. The van der Waals surface area contributed by atoms with Crippen molar-refractivity contribution in [3.8, 4) is 5.82 Å². The Balaban J connectivity index is 2.53. The molecule has 2 rings (SSSR count). The lowest BCUT2D eigenvalue weighted by atomic mass is 10.1. The van der Waals surface area contributed by atoms with Crippen LogP contribution in [0, 0.1) is 13.8 Å². The van der Waals surface area contributed by atoms with Crippen LogP contribution >= 0.6 is 11.6 Å². The van der Waals surface area contributed by atoms with Crippen LogP contribution in [0.1, 0.15) is 43.6 Å². The second-order valence-corrected chi connectivity index (χ2v) is 5.48. The van der Waals surface area contributed by atoms with Crippen molar-refractivity contribution in [3.63, 3.8) is 0 Å². The topological polar surface area (TPSA) is 55.6 Å². The third kappa shape index (κ3) is 3.18. The number of aryl methyl sites for hydroxylation is 1. The SMILES string of the molecule is CCCNc1ncnc(-n2nc(C)c(Cl)c2C)c1CCC. The van der Waals surface area contributed by atoms with Crippen LogP contribution in [0.4, 0.5) is 5.82 Å². The minimum atomic E-state index is 0.694. The van der Waals surface area contributed by atoms with Gasteiger partial charge in [-0.25, -0.2) is 14.6 Å². The molecule has 2 heterocycles. The Morgan fingerprint density at radius 1 is 1.19 bits per heavy atom. The molecular formula is C15H22ClN5. The summed E-state index contributed by atoms with van der Waals surface area (Å²) in [5.41, 5.74) is 2.82. The number of hydrogen-bond donors (Lipinski definition) is 1. The number of anilines is 1. The highest BCUT2D eigenvalue weighted by molar-refractivity contribution is 6.31. The van der Waals surface area contributed by atoms with E-state index >= 15 is 0 Å². The van der Waals surface area contributed by atoms with Gasteiger partial charge in [-0.05, 0) is 26.7 Å². The standard InChI is InChI=1S/C15H22ClN5/c1-5-7-12-14(17-8-6-2)18-9-19-15(12)21-11(4)13(16)10(3)20-21/h9H,5-8H2,1-4H3,(H,17,18,19). The molecule has 0 saturated heterocycles. The van der Waals surface area contributed by atoms with Gasteiger partial charge in [0.2, 0.25) is 0 Å². The first kappa shape index (κ1) is 15.8. The molecular weight excluding hydrogens is 286 g/mol. The Bertz CT molecular complexity index is 621. The van der Waals surface area contributed by atoms with E-state index in [0.29, 0.717) is 5.02 Å². The van der Waals surface area contributed by atoms with Crippen molar-refractivity contribution in [1.82, 2.24) is 19.7 Å². The number of hydrogen-bond acceptors (Lipinski definition) is 4. The van der Waals surface area contributed by atoms with E-state index in [4.69, 9.17) is 11.6 Å². The van der Waals surface area contributed by atoms with Gasteiger partial charge in [0, 0.05) is 12.1 Å². The van der Waals surface area contributed by atoms with Crippen LogP contribution in [0.5, 0.6) is 0 Å². The van der Waals surface area contributed by atoms with Crippen LogP contribution < -0.4 is 5.32 Å². The van der Waals surface area contributed by atoms with Crippen molar-refractivity contribution in [2.75, 3.05) is 11.9 Å². The first-order valence-corrected chi connectivity index (χ1v) is 7.77. The number of nitrogens with one attached hydrogen (secondary N) is 1. The van der Waals surface area contributed by atoms with Crippen LogP contribution in [0.15, 0.2) is 6.33 Å². The van der Waals surface area contributed by atoms with Gasteiger partial charge in [-0.3, -0.25) is 0 Å². The molecule has 0 bridgehead atoms.